The molecule has 168 valence electrons. The van der Waals surface area contributed by atoms with Crippen molar-refractivity contribution in [2.45, 2.75) is 44.6 Å². The summed E-state index contributed by atoms with van der Waals surface area (Å²) in [7, 11) is 0. The molecule has 1 aromatic heterocycles. The van der Waals surface area contributed by atoms with Gasteiger partial charge in [-0.15, -0.1) is 17.8 Å². The first-order valence-electron chi connectivity index (χ1n) is 10.5. The highest BCUT2D eigenvalue weighted by molar-refractivity contribution is 7.09. The lowest BCUT2D eigenvalue weighted by molar-refractivity contribution is 0.0856. The van der Waals surface area contributed by atoms with Crippen molar-refractivity contribution in [2.24, 2.45) is 0 Å². The Morgan fingerprint density at radius 1 is 1.13 bits per heavy atom. The van der Waals surface area contributed by atoms with E-state index >= 15 is 0 Å². The van der Waals surface area contributed by atoms with Crippen molar-refractivity contribution in [3.8, 4) is 12.3 Å². The Hall–Kier alpha value is -2.80. The van der Waals surface area contributed by atoms with E-state index in [9.17, 15) is 14.4 Å². The Labute approximate surface area is 186 Å². The van der Waals surface area contributed by atoms with Crippen molar-refractivity contribution >= 4 is 29.4 Å². The number of likely N-dealkylation sites (tertiary alicyclic amines) is 2. The van der Waals surface area contributed by atoms with E-state index in [0.717, 1.165) is 17.8 Å². The largest absolute Gasteiger partial charge is 0.450 e. The average Bonchev–Trinajstić information content (AvgIpc) is 3.29. The van der Waals surface area contributed by atoms with Crippen LogP contribution in [0.3, 0.4) is 0 Å². The van der Waals surface area contributed by atoms with Crippen molar-refractivity contribution in [3.63, 3.8) is 0 Å². The van der Waals surface area contributed by atoms with Crippen LogP contribution in [-0.2, 0) is 9.47 Å². The molecule has 2 aliphatic heterocycles. The smallest absolute Gasteiger partial charge is 0.410 e. The maximum absolute atomic E-state index is 12.6. The van der Waals surface area contributed by atoms with Gasteiger partial charge in [0, 0.05) is 43.5 Å². The molecule has 1 aromatic rings. The van der Waals surface area contributed by atoms with Gasteiger partial charge in [-0.3, -0.25) is 4.79 Å². The van der Waals surface area contributed by atoms with Crippen molar-refractivity contribution in [1.29, 1.82) is 0 Å². The molecule has 0 radical (unpaired) electrons. The van der Waals surface area contributed by atoms with Gasteiger partial charge in [0.05, 0.1) is 11.6 Å². The van der Waals surface area contributed by atoms with Gasteiger partial charge in [-0.1, -0.05) is 5.92 Å². The number of carbonyl (C=O) groups is 3. The summed E-state index contributed by atoms with van der Waals surface area (Å²) in [6, 6.07) is 0.0144. The summed E-state index contributed by atoms with van der Waals surface area (Å²) in [5.74, 6) is 2.32. The molecule has 1 N–H and O–H groups in total. The number of nitrogens with zero attached hydrogens (tertiary/aromatic N) is 3. The van der Waals surface area contributed by atoms with Crippen LogP contribution < -0.4 is 5.32 Å². The third-order valence-corrected chi connectivity index (χ3v) is 6.50. The third-order valence-electron chi connectivity index (χ3n) is 5.49. The van der Waals surface area contributed by atoms with E-state index in [1.807, 2.05) is 0 Å². The summed E-state index contributed by atoms with van der Waals surface area (Å²) >= 11 is 1.48. The maximum atomic E-state index is 12.6. The molecule has 31 heavy (non-hydrogen) atoms. The highest BCUT2D eigenvalue weighted by Gasteiger charge is 2.28. The predicted octanol–water partition coefficient (Wildman–Crippen LogP) is 2.44. The van der Waals surface area contributed by atoms with Crippen LogP contribution in [0.2, 0.25) is 0 Å². The lowest BCUT2D eigenvalue weighted by Crippen LogP contribution is -2.46. The van der Waals surface area contributed by atoms with Gasteiger partial charge in [0.1, 0.15) is 5.69 Å². The molecule has 2 fully saturated rings. The number of thiazole rings is 1. The number of rotatable bonds is 5. The molecule has 3 rings (SSSR count). The molecule has 10 heteroatoms. The van der Waals surface area contributed by atoms with Crippen LogP contribution in [0.25, 0.3) is 0 Å². The van der Waals surface area contributed by atoms with E-state index < -0.39 is 0 Å². The Bertz CT molecular complexity index is 820. The van der Waals surface area contributed by atoms with Gasteiger partial charge >= 0.3 is 12.2 Å². The van der Waals surface area contributed by atoms with E-state index in [2.05, 4.69) is 16.2 Å². The molecule has 0 aromatic carbocycles. The summed E-state index contributed by atoms with van der Waals surface area (Å²) < 4.78 is 9.99. The van der Waals surface area contributed by atoms with E-state index in [0.29, 0.717) is 51.3 Å². The molecule has 3 amide bonds. The number of ether oxygens (including phenoxy) is 2. The van der Waals surface area contributed by atoms with E-state index in [1.165, 1.54) is 11.3 Å². The van der Waals surface area contributed by atoms with E-state index in [-0.39, 0.29) is 36.7 Å². The highest BCUT2D eigenvalue weighted by atomic mass is 32.1. The zero-order valence-electron chi connectivity index (χ0n) is 17.7. The van der Waals surface area contributed by atoms with Crippen LogP contribution in [0.15, 0.2) is 5.38 Å². The van der Waals surface area contributed by atoms with Gasteiger partial charge in [-0.05, 0) is 32.6 Å². The number of hydrogen-bond acceptors (Lipinski definition) is 7. The number of terminal acetylenes is 1. The standard InChI is InChI=1S/C21H28N4O5S/c1-3-13-30-21(28)24-9-5-15(6-10-24)19-23-17(14-31-19)18(26)22-16-7-11-25(12-8-16)20(27)29-4-2/h1,14-16H,4-13H2,2H3,(H,22,26). The van der Waals surface area contributed by atoms with Gasteiger partial charge < -0.3 is 24.6 Å². The average molecular weight is 449 g/mol. The molecule has 0 atom stereocenters. The number of hydrogen-bond donors (Lipinski definition) is 1. The normalized spacial score (nSPS) is 17.7. The van der Waals surface area contributed by atoms with Crippen LogP contribution in [0.1, 0.15) is 54.0 Å². The molecular formula is C21H28N4O5S. The van der Waals surface area contributed by atoms with Crippen LogP contribution in [0.5, 0.6) is 0 Å². The minimum atomic E-state index is -0.385. The molecule has 0 saturated carbocycles. The van der Waals surface area contributed by atoms with Gasteiger partial charge in [0.25, 0.3) is 5.91 Å². The molecule has 0 unspecified atom stereocenters. The van der Waals surface area contributed by atoms with Crippen LogP contribution in [0, 0.1) is 12.3 Å². The van der Waals surface area contributed by atoms with E-state index in [4.69, 9.17) is 15.9 Å². The van der Waals surface area contributed by atoms with Crippen molar-refractivity contribution in [3.05, 3.63) is 16.1 Å². The second-order valence-electron chi connectivity index (χ2n) is 7.52. The van der Waals surface area contributed by atoms with Crippen molar-refractivity contribution in [2.75, 3.05) is 39.4 Å². The third kappa shape index (κ3) is 6.10. The van der Waals surface area contributed by atoms with Gasteiger partial charge in [-0.2, -0.15) is 0 Å². The highest BCUT2D eigenvalue weighted by Crippen LogP contribution is 2.30. The van der Waals surface area contributed by atoms with Crippen LogP contribution in [-0.4, -0.2) is 78.3 Å². The molecular weight excluding hydrogens is 420 g/mol. The maximum Gasteiger partial charge on any atom is 0.410 e. The lowest BCUT2D eigenvalue weighted by Gasteiger charge is -2.31. The number of amides is 3. The van der Waals surface area contributed by atoms with Gasteiger partial charge in [-0.25, -0.2) is 14.6 Å². The number of nitrogens with one attached hydrogen (secondary N) is 1. The summed E-state index contributed by atoms with van der Waals surface area (Å²) in [4.78, 5) is 44.1. The first kappa shape index (κ1) is 22.9. The Balaban J connectivity index is 1.45. The first-order chi connectivity index (χ1) is 15.0. The van der Waals surface area contributed by atoms with Gasteiger partial charge in [0.2, 0.25) is 0 Å². The molecule has 2 saturated heterocycles. The summed E-state index contributed by atoms with van der Waals surface area (Å²) in [6.07, 6.45) is 7.35. The predicted molar refractivity (Wildman–Crippen MR) is 115 cm³/mol. The first-order valence-corrected chi connectivity index (χ1v) is 11.4. The Kier molecular flexibility index (Phi) is 8.12. The van der Waals surface area contributed by atoms with Crippen LogP contribution in [0.4, 0.5) is 9.59 Å². The zero-order valence-corrected chi connectivity index (χ0v) is 18.5. The molecule has 2 aliphatic rings. The number of aromatic nitrogens is 1. The van der Waals surface area contributed by atoms with Crippen LogP contribution >= 0.6 is 11.3 Å². The topological polar surface area (TPSA) is 101 Å². The monoisotopic (exact) mass is 448 g/mol. The summed E-state index contributed by atoms with van der Waals surface area (Å²) in [5.41, 5.74) is 0.420. The van der Waals surface area contributed by atoms with Crippen molar-refractivity contribution < 1.29 is 23.9 Å². The minimum absolute atomic E-state index is 0.0144. The van der Waals surface area contributed by atoms with Crippen molar-refractivity contribution in [1.82, 2.24) is 20.1 Å². The van der Waals surface area contributed by atoms with Gasteiger partial charge in [0.15, 0.2) is 6.61 Å². The molecule has 9 nitrogen and oxygen atoms in total. The fourth-order valence-corrected chi connectivity index (χ4v) is 4.73. The zero-order chi connectivity index (χ0) is 22.2. The lowest BCUT2D eigenvalue weighted by atomic mass is 9.98. The quantitative estimate of drug-likeness (QED) is 0.695. The molecule has 0 bridgehead atoms. The van der Waals surface area contributed by atoms with E-state index in [1.54, 1.807) is 22.1 Å². The molecule has 0 aliphatic carbocycles. The second kappa shape index (κ2) is 11.0. The fraction of sp³-hybridized carbons (Fsp3) is 0.619. The summed E-state index contributed by atoms with van der Waals surface area (Å²) in [5, 5.41) is 5.72. The Morgan fingerprint density at radius 2 is 1.74 bits per heavy atom. The summed E-state index contributed by atoms with van der Waals surface area (Å²) in [6.45, 7) is 4.40. The second-order valence-corrected chi connectivity index (χ2v) is 8.41. The molecule has 3 heterocycles. The fourth-order valence-electron chi connectivity index (χ4n) is 3.76. The minimum Gasteiger partial charge on any atom is -0.450 e. The Morgan fingerprint density at radius 3 is 2.35 bits per heavy atom. The number of carbonyl (C=O) groups excluding carboxylic acids is 3. The SMILES string of the molecule is C#CCOC(=O)N1CCC(c2nc(C(=O)NC3CCN(C(=O)OCC)CC3)cs2)CC1. The number of piperidine rings is 2. The molecule has 0 spiro atoms.